The average molecular weight is 343 g/mol. The van der Waals surface area contributed by atoms with Gasteiger partial charge in [0.05, 0.1) is 19.2 Å². The molecular weight excluding hydrogens is 318 g/mol. The summed E-state index contributed by atoms with van der Waals surface area (Å²) in [7, 11) is 0. The number of nitrogens with zero attached hydrogens (tertiary/aromatic N) is 1. The third-order valence-electron chi connectivity index (χ3n) is 3.78. The SMILES string of the molecule is CC(C)CC(CO)NC(=O)Nc1cccn(Cc2ccccc2)c1=O. The van der Waals surface area contributed by atoms with Gasteiger partial charge in [0.2, 0.25) is 0 Å². The third-order valence-corrected chi connectivity index (χ3v) is 3.78. The second kappa shape index (κ2) is 9.03. The number of carbonyl (C=O) groups is 1. The number of hydrogen-bond donors (Lipinski definition) is 3. The van der Waals surface area contributed by atoms with Gasteiger partial charge in [0, 0.05) is 6.20 Å². The molecule has 2 aromatic rings. The second-order valence-corrected chi connectivity index (χ2v) is 6.45. The Morgan fingerprint density at radius 3 is 2.52 bits per heavy atom. The third kappa shape index (κ3) is 5.76. The summed E-state index contributed by atoms with van der Waals surface area (Å²) in [6, 6.07) is 12.1. The van der Waals surface area contributed by atoms with E-state index in [4.69, 9.17) is 0 Å². The number of urea groups is 1. The molecule has 6 heteroatoms. The molecule has 1 aromatic carbocycles. The van der Waals surface area contributed by atoms with Crippen LogP contribution < -0.4 is 16.2 Å². The molecule has 0 aliphatic carbocycles. The molecule has 0 bridgehead atoms. The van der Waals surface area contributed by atoms with Crippen LogP contribution in [-0.2, 0) is 6.54 Å². The Kier molecular flexibility index (Phi) is 6.77. The van der Waals surface area contributed by atoms with Crippen LogP contribution in [0.15, 0.2) is 53.5 Å². The van der Waals surface area contributed by atoms with Gasteiger partial charge in [-0.05, 0) is 30.0 Å². The minimum Gasteiger partial charge on any atom is -0.394 e. The Balaban J connectivity index is 2.06. The van der Waals surface area contributed by atoms with Crippen molar-refractivity contribution in [3.8, 4) is 0 Å². The Hall–Kier alpha value is -2.60. The maximum absolute atomic E-state index is 12.5. The van der Waals surface area contributed by atoms with Crippen LogP contribution in [0.3, 0.4) is 0 Å². The first-order valence-corrected chi connectivity index (χ1v) is 8.41. The number of rotatable bonds is 7. The van der Waals surface area contributed by atoms with Gasteiger partial charge in [-0.15, -0.1) is 0 Å². The number of amides is 2. The number of aromatic nitrogens is 1. The van der Waals surface area contributed by atoms with Gasteiger partial charge in [0.1, 0.15) is 5.69 Å². The van der Waals surface area contributed by atoms with Gasteiger partial charge >= 0.3 is 6.03 Å². The average Bonchev–Trinajstić information content (AvgIpc) is 2.58. The molecule has 1 unspecified atom stereocenters. The molecule has 0 saturated heterocycles. The maximum atomic E-state index is 12.5. The van der Waals surface area contributed by atoms with Gasteiger partial charge < -0.3 is 20.3 Å². The molecule has 0 fully saturated rings. The number of benzene rings is 1. The van der Waals surface area contributed by atoms with E-state index < -0.39 is 6.03 Å². The topological polar surface area (TPSA) is 83.4 Å². The first kappa shape index (κ1) is 18.7. The summed E-state index contributed by atoms with van der Waals surface area (Å²) < 4.78 is 1.54. The molecule has 1 atom stereocenters. The van der Waals surface area contributed by atoms with E-state index in [2.05, 4.69) is 10.6 Å². The molecule has 1 aromatic heterocycles. The highest BCUT2D eigenvalue weighted by Gasteiger charge is 2.14. The van der Waals surface area contributed by atoms with Crippen LogP contribution in [0.1, 0.15) is 25.8 Å². The van der Waals surface area contributed by atoms with Crippen LogP contribution in [0.25, 0.3) is 0 Å². The molecule has 0 spiro atoms. The van der Waals surface area contributed by atoms with E-state index in [9.17, 15) is 14.7 Å². The molecule has 2 rings (SSSR count). The second-order valence-electron chi connectivity index (χ2n) is 6.45. The van der Waals surface area contributed by atoms with Crippen LogP contribution in [0.5, 0.6) is 0 Å². The zero-order valence-corrected chi connectivity index (χ0v) is 14.6. The number of aliphatic hydroxyl groups is 1. The first-order chi connectivity index (χ1) is 12.0. The van der Waals surface area contributed by atoms with Gasteiger partial charge in [0.15, 0.2) is 0 Å². The Morgan fingerprint density at radius 1 is 1.16 bits per heavy atom. The van der Waals surface area contributed by atoms with Crippen molar-refractivity contribution in [3.05, 3.63) is 64.6 Å². The first-order valence-electron chi connectivity index (χ1n) is 8.41. The lowest BCUT2D eigenvalue weighted by Gasteiger charge is -2.18. The van der Waals surface area contributed by atoms with Crippen molar-refractivity contribution in [2.24, 2.45) is 5.92 Å². The van der Waals surface area contributed by atoms with Crippen molar-refractivity contribution in [1.82, 2.24) is 9.88 Å². The number of anilines is 1. The fraction of sp³-hybridized carbons (Fsp3) is 0.368. The molecule has 6 nitrogen and oxygen atoms in total. The van der Waals surface area contributed by atoms with Crippen molar-refractivity contribution >= 4 is 11.7 Å². The van der Waals surface area contributed by atoms with E-state index in [1.54, 1.807) is 22.9 Å². The van der Waals surface area contributed by atoms with E-state index in [1.165, 1.54) is 0 Å². The summed E-state index contributed by atoms with van der Waals surface area (Å²) in [5.41, 5.74) is 0.937. The number of carbonyl (C=O) groups excluding carboxylic acids is 1. The fourth-order valence-corrected chi connectivity index (χ4v) is 2.63. The standard InChI is InChI=1S/C19H25N3O3/c1-14(2)11-16(13-23)20-19(25)21-17-9-6-10-22(18(17)24)12-15-7-4-3-5-8-15/h3-10,14,16,23H,11-13H2,1-2H3,(H2,20,21,25). The number of hydrogen-bond acceptors (Lipinski definition) is 3. The molecular formula is C19H25N3O3. The molecule has 0 radical (unpaired) electrons. The van der Waals surface area contributed by atoms with Gasteiger partial charge in [-0.1, -0.05) is 44.2 Å². The summed E-state index contributed by atoms with van der Waals surface area (Å²) in [5.74, 6) is 0.345. The van der Waals surface area contributed by atoms with Gasteiger partial charge in [0.25, 0.3) is 5.56 Å². The van der Waals surface area contributed by atoms with Crippen molar-refractivity contribution in [2.75, 3.05) is 11.9 Å². The Labute approximate surface area is 147 Å². The van der Waals surface area contributed by atoms with E-state index >= 15 is 0 Å². The summed E-state index contributed by atoms with van der Waals surface area (Å²) in [6.45, 7) is 4.32. The highest BCUT2D eigenvalue weighted by molar-refractivity contribution is 5.89. The minimum absolute atomic E-state index is 0.140. The summed E-state index contributed by atoms with van der Waals surface area (Å²) in [6.07, 6.45) is 2.35. The van der Waals surface area contributed by atoms with Gasteiger partial charge in [-0.25, -0.2) is 4.79 Å². The fourth-order valence-electron chi connectivity index (χ4n) is 2.63. The van der Waals surface area contributed by atoms with Crippen LogP contribution in [-0.4, -0.2) is 28.4 Å². The van der Waals surface area contributed by atoms with Crippen LogP contribution in [0.2, 0.25) is 0 Å². The Bertz CT molecular complexity index is 741. The molecule has 1 heterocycles. The molecule has 0 aliphatic heterocycles. The molecule has 134 valence electrons. The highest BCUT2D eigenvalue weighted by atomic mass is 16.3. The van der Waals surface area contributed by atoms with Gasteiger partial charge in [-0.2, -0.15) is 0 Å². The van der Waals surface area contributed by atoms with Crippen LogP contribution in [0.4, 0.5) is 10.5 Å². The quantitative estimate of drug-likeness (QED) is 0.722. The predicted octanol–water partition coefficient (Wildman–Crippen LogP) is 2.43. The molecule has 0 aliphatic rings. The van der Waals surface area contributed by atoms with Crippen molar-refractivity contribution < 1.29 is 9.90 Å². The Morgan fingerprint density at radius 2 is 1.88 bits per heavy atom. The largest absolute Gasteiger partial charge is 0.394 e. The van der Waals surface area contributed by atoms with Crippen molar-refractivity contribution in [1.29, 1.82) is 0 Å². The van der Waals surface area contributed by atoms with E-state index in [1.807, 2.05) is 44.2 Å². The lowest BCUT2D eigenvalue weighted by Crippen LogP contribution is -2.42. The normalized spacial score (nSPS) is 12.0. The minimum atomic E-state index is -0.491. The summed E-state index contributed by atoms with van der Waals surface area (Å²) in [4.78, 5) is 24.6. The summed E-state index contributed by atoms with van der Waals surface area (Å²) >= 11 is 0. The molecule has 2 amide bonds. The molecule has 25 heavy (non-hydrogen) atoms. The lowest BCUT2D eigenvalue weighted by atomic mass is 10.0. The predicted molar refractivity (Wildman–Crippen MR) is 98.7 cm³/mol. The van der Waals surface area contributed by atoms with Crippen LogP contribution in [0, 0.1) is 5.92 Å². The maximum Gasteiger partial charge on any atom is 0.319 e. The number of nitrogens with one attached hydrogen (secondary N) is 2. The monoisotopic (exact) mass is 343 g/mol. The van der Waals surface area contributed by atoms with Gasteiger partial charge in [-0.3, -0.25) is 4.79 Å². The smallest absolute Gasteiger partial charge is 0.319 e. The molecule has 0 saturated carbocycles. The zero-order valence-electron chi connectivity index (χ0n) is 14.6. The lowest BCUT2D eigenvalue weighted by molar-refractivity contribution is 0.214. The van der Waals surface area contributed by atoms with Crippen molar-refractivity contribution in [2.45, 2.75) is 32.9 Å². The zero-order chi connectivity index (χ0) is 18.2. The van der Waals surface area contributed by atoms with E-state index in [0.717, 1.165) is 5.56 Å². The number of aliphatic hydroxyl groups excluding tert-OH is 1. The van der Waals surface area contributed by atoms with Crippen LogP contribution >= 0.6 is 0 Å². The highest BCUT2D eigenvalue weighted by Crippen LogP contribution is 2.06. The van der Waals surface area contributed by atoms with E-state index in [0.29, 0.717) is 18.9 Å². The van der Waals surface area contributed by atoms with E-state index in [-0.39, 0.29) is 23.9 Å². The molecule has 3 N–H and O–H groups in total. The van der Waals surface area contributed by atoms with Crippen molar-refractivity contribution in [3.63, 3.8) is 0 Å². The number of pyridine rings is 1. The summed E-state index contributed by atoms with van der Waals surface area (Å²) in [5, 5.41) is 14.6.